The van der Waals surface area contributed by atoms with E-state index in [1.165, 1.54) is 22.1 Å². The maximum absolute atomic E-state index is 3.51. The predicted octanol–water partition coefficient (Wildman–Crippen LogP) is 3.74. The van der Waals surface area contributed by atoms with Crippen molar-refractivity contribution in [1.82, 2.24) is 0 Å². The van der Waals surface area contributed by atoms with Crippen LogP contribution in [0.1, 0.15) is 0 Å². The van der Waals surface area contributed by atoms with E-state index in [4.69, 9.17) is 0 Å². The Labute approximate surface area is 117 Å². The number of hydrogen-bond donors (Lipinski definition) is 0. The second-order valence-corrected chi connectivity index (χ2v) is 5.45. The molecule has 0 unspecified atom stereocenters. The summed E-state index contributed by atoms with van der Waals surface area (Å²) in [7, 11) is 6.33. The standard InChI is InChI=1S/C15H19BrN2/c1-17(2)13-8-4-6-12-7-5-9-14(15(12)13)18(3)11-10-16/h4-9H,10-11H2,1-3H3. The van der Waals surface area contributed by atoms with Crippen molar-refractivity contribution in [3.63, 3.8) is 0 Å². The molecule has 0 amide bonds. The topological polar surface area (TPSA) is 6.48 Å². The fraction of sp³-hybridized carbons (Fsp3) is 0.333. The molecule has 0 aliphatic carbocycles. The summed E-state index contributed by atoms with van der Waals surface area (Å²) in [5, 5.41) is 3.60. The Morgan fingerprint density at radius 1 is 0.944 bits per heavy atom. The SMILES string of the molecule is CN(C)c1cccc2cccc(N(C)CCBr)c12. The Morgan fingerprint density at radius 3 is 2.11 bits per heavy atom. The summed E-state index contributed by atoms with van der Waals surface area (Å²) in [6.07, 6.45) is 0. The van der Waals surface area contributed by atoms with Crippen molar-refractivity contribution in [3.8, 4) is 0 Å². The zero-order chi connectivity index (χ0) is 13.1. The van der Waals surface area contributed by atoms with Gasteiger partial charge in [-0.1, -0.05) is 40.2 Å². The van der Waals surface area contributed by atoms with E-state index in [1.54, 1.807) is 0 Å². The molecule has 18 heavy (non-hydrogen) atoms. The van der Waals surface area contributed by atoms with Crippen molar-refractivity contribution in [2.45, 2.75) is 0 Å². The fourth-order valence-corrected chi connectivity index (χ4v) is 2.77. The summed E-state index contributed by atoms with van der Waals surface area (Å²) in [5.74, 6) is 0. The molecule has 2 aromatic rings. The van der Waals surface area contributed by atoms with Gasteiger partial charge in [0.2, 0.25) is 0 Å². The molecule has 0 heterocycles. The average molecular weight is 307 g/mol. The molecule has 0 N–H and O–H groups in total. The number of anilines is 2. The average Bonchev–Trinajstić information content (AvgIpc) is 2.37. The summed E-state index contributed by atoms with van der Waals surface area (Å²) in [6.45, 7) is 1.00. The van der Waals surface area contributed by atoms with Crippen LogP contribution in [0.2, 0.25) is 0 Å². The van der Waals surface area contributed by atoms with E-state index < -0.39 is 0 Å². The van der Waals surface area contributed by atoms with Gasteiger partial charge in [-0.2, -0.15) is 0 Å². The first-order valence-electron chi connectivity index (χ1n) is 6.11. The highest BCUT2D eigenvalue weighted by molar-refractivity contribution is 9.09. The Balaban J connectivity index is 2.65. The van der Waals surface area contributed by atoms with Gasteiger partial charge in [0, 0.05) is 49.8 Å². The van der Waals surface area contributed by atoms with Crippen LogP contribution in [0.4, 0.5) is 11.4 Å². The van der Waals surface area contributed by atoms with Gasteiger partial charge in [0.1, 0.15) is 0 Å². The van der Waals surface area contributed by atoms with Gasteiger partial charge >= 0.3 is 0 Å². The number of nitrogens with zero attached hydrogens (tertiary/aromatic N) is 2. The summed E-state index contributed by atoms with van der Waals surface area (Å²) in [5.41, 5.74) is 2.56. The van der Waals surface area contributed by atoms with E-state index in [1.807, 2.05) is 0 Å². The van der Waals surface area contributed by atoms with Gasteiger partial charge in [-0.3, -0.25) is 0 Å². The molecule has 0 saturated carbocycles. The van der Waals surface area contributed by atoms with Gasteiger partial charge in [0.15, 0.2) is 0 Å². The number of alkyl halides is 1. The largest absolute Gasteiger partial charge is 0.377 e. The lowest BCUT2D eigenvalue weighted by Gasteiger charge is -2.24. The number of fused-ring (bicyclic) bond motifs is 1. The minimum atomic E-state index is 0.976. The molecule has 2 nitrogen and oxygen atoms in total. The number of halogens is 1. The number of benzene rings is 2. The highest BCUT2D eigenvalue weighted by Gasteiger charge is 2.10. The maximum atomic E-state index is 3.51. The zero-order valence-corrected chi connectivity index (χ0v) is 12.7. The molecule has 0 atom stereocenters. The van der Waals surface area contributed by atoms with Crippen molar-refractivity contribution in [2.75, 3.05) is 42.8 Å². The van der Waals surface area contributed by atoms with Crippen molar-refractivity contribution in [2.24, 2.45) is 0 Å². The lowest BCUT2D eigenvalue weighted by atomic mass is 10.1. The highest BCUT2D eigenvalue weighted by atomic mass is 79.9. The van der Waals surface area contributed by atoms with Crippen LogP contribution < -0.4 is 9.80 Å². The fourth-order valence-electron chi connectivity index (χ4n) is 2.24. The van der Waals surface area contributed by atoms with Gasteiger partial charge in [-0.25, -0.2) is 0 Å². The van der Waals surface area contributed by atoms with Gasteiger partial charge in [0.05, 0.1) is 0 Å². The highest BCUT2D eigenvalue weighted by Crippen LogP contribution is 2.33. The molecule has 0 aliphatic heterocycles. The van der Waals surface area contributed by atoms with Crippen LogP contribution in [-0.2, 0) is 0 Å². The quantitative estimate of drug-likeness (QED) is 0.794. The van der Waals surface area contributed by atoms with Crippen LogP contribution in [0.5, 0.6) is 0 Å². The molecule has 0 spiro atoms. The molecule has 2 aromatic carbocycles. The van der Waals surface area contributed by atoms with E-state index in [-0.39, 0.29) is 0 Å². The van der Waals surface area contributed by atoms with E-state index >= 15 is 0 Å². The summed E-state index contributed by atoms with van der Waals surface area (Å²) in [4.78, 5) is 4.47. The van der Waals surface area contributed by atoms with Crippen molar-refractivity contribution in [3.05, 3.63) is 36.4 Å². The Hall–Kier alpha value is -1.22. The molecule has 96 valence electrons. The molecule has 0 bridgehead atoms. The minimum Gasteiger partial charge on any atom is -0.377 e. The van der Waals surface area contributed by atoms with Crippen LogP contribution in [0.15, 0.2) is 36.4 Å². The van der Waals surface area contributed by atoms with E-state index in [0.717, 1.165) is 11.9 Å². The molecular weight excluding hydrogens is 288 g/mol. The monoisotopic (exact) mass is 306 g/mol. The van der Waals surface area contributed by atoms with E-state index in [9.17, 15) is 0 Å². The second-order valence-electron chi connectivity index (χ2n) is 4.66. The molecule has 0 radical (unpaired) electrons. The van der Waals surface area contributed by atoms with Gasteiger partial charge < -0.3 is 9.80 Å². The van der Waals surface area contributed by atoms with Crippen LogP contribution in [0.3, 0.4) is 0 Å². The second kappa shape index (κ2) is 5.61. The molecule has 0 aliphatic rings. The minimum absolute atomic E-state index is 0.976. The summed E-state index contributed by atoms with van der Waals surface area (Å²) >= 11 is 3.51. The van der Waals surface area contributed by atoms with Crippen molar-refractivity contribution in [1.29, 1.82) is 0 Å². The van der Waals surface area contributed by atoms with Crippen LogP contribution in [-0.4, -0.2) is 33.0 Å². The van der Waals surface area contributed by atoms with E-state index in [0.29, 0.717) is 0 Å². The van der Waals surface area contributed by atoms with Crippen molar-refractivity contribution >= 4 is 38.1 Å². The first-order valence-corrected chi connectivity index (χ1v) is 7.23. The summed E-state index contributed by atoms with van der Waals surface area (Å²) in [6, 6.07) is 13.0. The molecule has 3 heteroatoms. The maximum Gasteiger partial charge on any atom is 0.0464 e. The molecule has 2 rings (SSSR count). The van der Waals surface area contributed by atoms with Gasteiger partial charge in [-0.15, -0.1) is 0 Å². The third kappa shape index (κ3) is 2.46. The first kappa shape index (κ1) is 13.2. The Kier molecular flexibility index (Phi) is 4.12. The zero-order valence-electron chi connectivity index (χ0n) is 11.2. The third-order valence-electron chi connectivity index (χ3n) is 3.17. The predicted molar refractivity (Wildman–Crippen MR) is 85.3 cm³/mol. The van der Waals surface area contributed by atoms with Crippen LogP contribution in [0.25, 0.3) is 10.8 Å². The molecule has 0 saturated heterocycles. The van der Waals surface area contributed by atoms with Crippen molar-refractivity contribution < 1.29 is 0 Å². The van der Waals surface area contributed by atoms with Gasteiger partial charge in [-0.05, 0) is 17.5 Å². The third-order valence-corrected chi connectivity index (χ3v) is 3.53. The lowest BCUT2D eigenvalue weighted by molar-refractivity contribution is 0.987. The van der Waals surface area contributed by atoms with E-state index in [2.05, 4.69) is 83.3 Å². The number of rotatable bonds is 4. The smallest absolute Gasteiger partial charge is 0.0464 e. The first-order chi connectivity index (χ1) is 8.65. The molecule has 0 aromatic heterocycles. The Bertz CT molecular complexity index is 532. The number of hydrogen-bond acceptors (Lipinski definition) is 2. The van der Waals surface area contributed by atoms with Gasteiger partial charge in [0.25, 0.3) is 0 Å². The molecular formula is C15H19BrN2. The summed E-state index contributed by atoms with van der Waals surface area (Å²) < 4.78 is 0. The lowest BCUT2D eigenvalue weighted by Crippen LogP contribution is -2.20. The Morgan fingerprint density at radius 2 is 1.56 bits per heavy atom. The normalized spacial score (nSPS) is 10.7. The van der Waals surface area contributed by atoms with Crippen LogP contribution >= 0.6 is 15.9 Å². The van der Waals surface area contributed by atoms with Crippen LogP contribution in [0, 0.1) is 0 Å². The molecule has 0 fully saturated rings.